The molecule has 0 amide bonds. The number of aromatic nitrogens is 1. The van der Waals surface area contributed by atoms with Crippen molar-refractivity contribution in [3.8, 4) is 0 Å². The van der Waals surface area contributed by atoms with Crippen molar-refractivity contribution in [2.75, 3.05) is 39.8 Å². The minimum atomic E-state index is 0.153. The number of nitrogens with one attached hydrogen (secondary N) is 1. The van der Waals surface area contributed by atoms with E-state index >= 15 is 0 Å². The molecule has 4 nitrogen and oxygen atoms in total. The second kappa shape index (κ2) is 8.93. The fourth-order valence-electron chi connectivity index (χ4n) is 3.04. The molecule has 1 aliphatic heterocycles. The van der Waals surface area contributed by atoms with Gasteiger partial charge in [-0.25, -0.2) is 0 Å². The third kappa shape index (κ3) is 6.88. The number of pyridine rings is 1. The molecule has 1 saturated heterocycles. The molecular formula is C20H36N4. The summed E-state index contributed by atoms with van der Waals surface area (Å²) in [6.07, 6.45) is 4.26. The van der Waals surface area contributed by atoms with Crippen LogP contribution in [0.2, 0.25) is 0 Å². The Morgan fingerprint density at radius 3 is 2.46 bits per heavy atom. The van der Waals surface area contributed by atoms with Crippen LogP contribution in [0, 0.1) is 5.92 Å². The summed E-state index contributed by atoms with van der Waals surface area (Å²) in [5, 5.41) is 3.71. The van der Waals surface area contributed by atoms with Crippen molar-refractivity contribution >= 4 is 0 Å². The second-order valence-corrected chi connectivity index (χ2v) is 8.39. The smallest absolute Gasteiger partial charge is 0.0406 e. The van der Waals surface area contributed by atoms with Crippen LogP contribution in [-0.4, -0.2) is 60.1 Å². The summed E-state index contributed by atoms with van der Waals surface area (Å²) >= 11 is 0. The summed E-state index contributed by atoms with van der Waals surface area (Å²) in [7, 11) is 2.21. The van der Waals surface area contributed by atoms with E-state index in [1.165, 1.54) is 50.4 Å². The van der Waals surface area contributed by atoms with E-state index in [0.29, 0.717) is 5.92 Å². The summed E-state index contributed by atoms with van der Waals surface area (Å²) in [5.74, 6) is 0.662. The van der Waals surface area contributed by atoms with E-state index in [0.717, 1.165) is 13.0 Å². The molecule has 0 radical (unpaired) electrons. The van der Waals surface area contributed by atoms with Gasteiger partial charge in [-0.15, -0.1) is 0 Å². The molecule has 0 aliphatic carbocycles. The van der Waals surface area contributed by atoms with Gasteiger partial charge < -0.3 is 15.1 Å². The Morgan fingerprint density at radius 1 is 1.17 bits per heavy atom. The molecule has 1 aromatic heterocycles. The predicted molar refractivity (Wildman–Crippen MR) is 102 cm³/mol. The highest BCUT2D eigenvalue weighted by Crippen LogP contribution is 2.13. The van der Waals surface area contributed by atoms with E-state index in [9.17, 15) is 0 Å². The van der Waals surface area contributed by atoms with Crippen LogP contribution in [0.5, 0.6) is 0 Å². The molecule has 0 aromatic carbocycles. The molecule has 1 aliphatic rings. The number of nitrogens with zero attached hydrogens (tertiary/aromatic N) is 3. The van der Waals surface area contributed by atoms with Gasteiger partial charge in [-0.05, 0) is 57.8 Å². The highest BCUT2D eigenvalue weighted by atomic mass is 15.2. The first-order valence-electron chi connectivity index (χ1n) is 9.44. The predicted octanol–water partition coefficient (Wildman–Crippen LogP) is 2.79. The van der Waals surface area contributed by atoms with Crippen LogP contribution in [0.15, 0.2) is 18.3 Å². The zero-order valence-corrected chi connectivity index (χ0v) is 16.3. The molecule has 1 N–H and O–H groups in total. The van der Waals surface area contributed by atoms with Crippen molar-refractivity contribution in [2.24, 2.45) is 5.92 Å². The van der Waals surface area contributed by atoms with Crippen molar-refractivity contribution in [1.29, 1.82) is 0 Å². The quantitative estimate of drug-likeness (QED) is 0.793. The summed E-state index contributed by atoms with van der Waals surface area (Å²) in [6.45, 7) is 16.0. The lowest BCUT2D eigenvalue weighted by Gasteiger charge is -2.35. The van der Waals surface area contributed by atoms with Gasteiger partial charge in [-0.3, -0.25) is 4.98 Å². The molecule has 136 valence electrons. The van der Waals surface area contributed by atoms with Crippen molar-refractivity contribution in [1.82, 2.24) is 20.1 Å². The van der Waals surface area contributed by atoms with E-state index < -0.39 is 0 Å². The van der Waals surface area contributed by atoms with Gasteiger partial charge in [0, 0.05) is 50.2 Å². The summed E-state index contributed by atoms with van der Waals surface area (Å²) < 4.78 is 0. The minimum absolute atomic E-state index is 0.153. The number of likely N-dealkylation sites (N-methyl/N-ethyl adjacent to an activating group) is 1. The van der Waals surface area contributed by atoms with Crippen LogP contribution in [0.1, 0.15) is 45.4 Å². The Labute approximate surface area is 148 Å². The topological polar surface area (TPSA) is 31.4 Å². The largest absolute Gasteiger partial charge is 0.308 e. The van der Waals surface area contributed by atoms with Crippen molar-refractivity contribution in [3.05, 3.63) is 29.6 Å². The van der Waals surface area contributed by atoms with E-state index in [2.05, 4.69) is 67.0 Å². The van der Waals surface area contributed by atoms with E-state index in [1.54, 1.807) is 0 Å². The first kappa shape index (κ1) is 19.4. The molecule has 4 heteroatoms. The highest BCUT2D eigenvalue weighted by molar-refractivity contribution is 5.14. The monoisotopic (exact) mass is 332 g/mol. The Balaban J connectivity index is 1.73. The molecule has 0 bridgehead atoms. The fourth-order valence-corrected chi connectivity index (χ4v) is 3.04. The number of rotatable bonds is 8. The van der Waals surface area contributed by atoms with Crippen LogP contribution in [0.3, 0.4) is 0 Å². The SMILES string of the molecule is CC(C)Cc1ccc(CNC(C)(C)CCN2CCN(C)CC2)cn1. The molecule has 0 unspecified atom stereocenters. The van der Waals surface area contributed by atoms with Crippen molar-refractivity contribution in [3.63, 3.8) is 0 Å². The van der Waals surface area contributed by atoms with Gasteiger partial charge in [-0.1, -0.05) is 19.9 Å². The summed E-state index contributed by atoms with van der Waals surface area (Å²) in [6, 6.07) is 4.39. The summed E-state index contributed by atoms with van der Waals surface area (Å²) in [5.41, 5.74) is 2.62. The van der Waals surface area contributed by atoms with Crippen LogP contribution < -0.4 is 5.32 Å². The van der Waals surface area contributed by atoms with Crippen LogP contribution >= 0.6 is 0 Å². The van der Waals surface area contributed by atoms with Gasteiger partial charge in [0.25, 0.3) is 0 Å². The second-order valence-electron chi connectivity index (χ2n) is 8.39. The zero-order valence-electron chi connectivity index (χ0n) is 16.3. The number of hydrogen-bond donors (Lipinski definition) is 1. The Bertz CT molecular complexity index is 473. The molecule has 2 rings (SSSR count). The maximum atomic E-state index is 4.59. The minimum Gasteiger partial charge on any atom is -0.308 e. The molecular weight excluding hydrogens is 296 g/mol. The van der Waals surface area contributed by atoms with Crippen LogP contribution in [0.4, 0.5) is 0 Å². The van der Waals surface area contributed by atoms with Crippen molar-refractivity contribution < 1.29 is 0 Å². The van der Waals surface area contributed by atoms with Gasteiger partial charge in [0.05, 0.1) is 0 Å². The third-order valence-corrected chi connectivity index (χ3v) is 4.92. The number of piperazine rings is 1. The fraction of sp³-hybridized carbons (Fsp3) is 0.750. The molecule has 24 heavy (non-hydrogen) atoms. The Hall–Kier alpha value is -0.970. The maximum Gasteiger partial charge on any atom is 0.0406 e. The molecule has 0 saturated carbocycles. The first-order valence-corrected chi connectivity index (χ1v) is 9.44. The standard InChI is InChI=1S/C20H36N4/c1-17(2)14-19-7-6-18(15-21-19)16-22-20(3,4)8-9-24-12-10-23(5)11-13-24/h6-7,15,17,22H,8-14,16H2,1-5H3. The normalized spacial score (nSPS) is 17.6. The van der Waals surface area contributed by atoms with Crippen LogP contribution in [0.25, 0.3) is 0 Å². The Morgan fingerprint density at radius 2 is 1.88 bits per heavy atom. The molecule has 0 atom stereocenters. The lowest BCUT2D eigenvalue weighted by molar-refractivity contribution is 0.142. The van der Waals surface area contributed by atoms with Gasteiger partial charge in [0.2, 0.25) is 0 Å². The van der Waals surface area contributed by atoms with E-state index in [1.807, 2.05) is 6.20 Å². The Kier molecular flexibility index (Phi) is 7.20. The average molecular weight is 333 g/mol. The van der Waals surface area contributed by atoms with E-state index in [4.69, 9.17) is 0 Å². The maximum absolute atomic E-state index is 4.59. The van der Waals surface area contributed by atoms with E-state index in [-0.39, 0.29) is 5.54 Å². The van der Waals surface area contributed by atoms with Gasteiger partial charge in [0.1, 0.15) is 0 Å². The molecule has 1 fully saturated rings. The lowest BCUT2D eigenvalue weighted by atomic mass is 9.99. The van der Waals surface area contributed by atoms with Crippen LogP contribution in [-0.2, 0) is 13.0 Å². The third-order valence-electron chi connectivity index (χ3n) is 4.92. The molecule has 1 aromatic rings. The lowest BCUT2D eigenvalue weighted by Crippen LogP contribution is -2.47. The summed E-state index contributed by atoms with van der Waals surface area (Å²) in [4.78, 5) is 9.59. The average Bonchev–Trinajstić information content (AvgIpc) is 2.53. The molecule has 2 heterocycles. The molecule has 0 spiro atoms. The van der Waals surface area contributed by atoms with Crippen molar-refractivity contribution in [2.45, 2.75) is 52.6 Å². The highest BCUT2D eigenvalue weighted by Gasteiger charge is 2.20. The van der Waals surface area contributed by atoms with Gasteiger partial charge >= 0.3 is 0 Å². The van der Waals surface area contributed by atoms with Gasteiger partial charge in [-0.2, -0.15) is 0 Å². The number of hydrogen-bond acceptors (Lipinski definition) is 4. The zero-order chi connectivity index (χ0) is 17.6. The first-order chi connectivity index (χ1) is 11.3. The van der Waals surface area contributed by atoms with Gasteiger partial charge in [0.15, 0.2) is 0 Å².